The highest BCUT2D eigenvalue weighted by Crippen LogP contribution is 2.48. The molecule has 0 aromatic carbocycles. The van der Waals surface area contributed by atoms with Crippen molar-refractivity contribution < 1.29 is 9.47 Å². The van der Waals surface area contributed by atoms with Gasteiger partial charge >= 0.3 is 0 Å². The summed E-state index contributed by atoms with van der Waals surface area (Å²) in [5, 5.41) is 0. The van der Waals surface area contributed by atoms with Gasteiger partial charge in [0.2, 0.25) is 0 Å². The van der Waals surface area contributed by atoms with Crippen LogP contribution < -0.4 is 0 Å². The van der Waals surface area contributed by atoms with Crippen LogP contribution in [0.25, 0.3) is 0 Å². The van der Waals surface area contributed by atoms with Gasteiger partial charge in [-0.2, -0.15) is 11.8 Å². The first-order chi connectivity index (χ1) is 5.79. The van der Waals surface area contributed by atoms with Crippen molar-refractivity contribution in [2.75, 3.05) is 25.7 Å². The molecule has 0 amide bonds. The molecule has 0 radical (unpaired) electrons. The van der Waals surface area contributed by atoms with Crippen LogP contribution in [0.3, 0.4) is 0 Å². The molecule has 0 aromatic heterocycles. The second-order valence-electron chi connectivity index (χ2n) is 3.78. The average Bonchev–Trinajstić information content (AvgIpc) is 2.61. The van der Waals surface area contributed by atoms with E-state index < -0.39 is 0 Å². The third-order valence-electron chi connectivity index (χ3n) is 3.22. The van der Waals surface area contributed by atoms with E-state index in [2.05, 4.69) is 11.8 Å². The summed E-state index contributed by atoms with van der Waals surface area (Å²) in [5.74, 6) is 4.05. The van der Waals surface area contributed by atoms with Crippen LogP contribution >= 0.6 is 11.8 Å². The molecule has 2 nitrogen and oxygen atoms in total. The monoisotopic (exact) mass is 188 g/mol. The third kappa shape index (κ3) is 1.28. The maximum Gasteiger partial charge on any atom is 0.168 e. The fourth-order valence-electron chi connectivity index (χ4n) is 2.39. The summed E-state index contributed by atoms with van der Waals surface area (Å²) in [6, 6.07) is 0. The van der Waals surface area contributed by atoms with Crippen molar-refractivity contribution in [3.63, 3.8) is 0 Å². The molecule has 1 heterocycles. The highest BCUT2D eigenvalue weighted by Gasteiger charge is 2.47. The third-order valence-corrected chi connectivity index (χ3v) is 4.55. The number of fused-ring (bicyclic) bond motifs is 1. The Bertz CT molecular complexity index is 154. The predicted octanol–water partition coefficient (Wildman–Crippen LogP) is 1.75. The van der Waals surface area contributed by atoms with Gasteiger partial charge in [0.1, 0.15) is 0 Å². The summed E-state index contributed by atoms with van der Waals surface area (Å²) in [6.07, 6.45) is 2.19. The fourth-order valence-corrected chi connectivity index (χ4v) is 3.91. The topological polar surface area (TPSA) is 18.5 Å². The molecule has 2 aliphatic rings. The van der Waals surface area contributed by atoms with E-state index in [0.717, 1.165) is 24.7 Å². The van der Waals surface area contributed by atoms with E-state index in [4.69, 9.17) is 9.47 Å². The van der Waals surface area contributed by atoms with Crippen LogP contribution in [-0.4, -0.2) is 31.5 Å². The van der Waals surface area contributed by atoms with Gasteiger partial charge in [-0.1, -0.05) is 0 Å². The minimum atomic E-state index is -0.240. The van der Waals surface area contributed by atoms with Gasteiger partial charge < -0.3 is 9.47 Å². The van der Waals surface area contributed by atoms with Crippen molar-refractivity contribution in [3.8, 4) is 0 Å². The van der Waals surface area contributed by atoms with Crippen LogP contribution in [0.15, 0.2) is 0 Å². The van der Waals surface area contributed by atoms with Crippen molar-refractivity contribution in [1.29, 1.82) is 0 Å². The molecule has 0 bridgehead atoms. The highest BCUT2D eigenvalue weighted by molar-refractivity contribution is 7.99. The van der Waals surface area contributed by atoms with Gasteiger partial charge in [0.15, 0.2) is 5.79 Å². The number of thioether (sulfide) groups is 1. The Balaban J connectivity index is 2.05. The lowest BCUT2D eigenvalue weighted by Gasteiger charge is -2.26. The summed E-state index contributed by atoms with van der Waals surface area (Å²) in [4.78, 5) is 0. The fraction of sp³-hybridized carbons (Fsp3) is 1.00. The van der Waals surface area contributed by atoms with Crippen LogP contribution in [0.1, 0.15) is 12.8 Å². The van der Waals surface area contributed by atoms with Crippen molar-refractivity contribution in [3.05, 3.63) is 0 Å². The summed E-state index contributed by atoms with van der Waals surface area (Å²) >= 11 is 2.08. The van der Waals surface area contributed by atoms with Crippen molar-refractivity contribution in [1.82, 2.24) is 0 Å². The number of hydrogen-bond donors (Lipinski definition) is 0. The zero-order valence-electron chi connectivity index (χ0n) is 7.71. The molecule has 1 saturated carbocycles. The van der Waals surface area contributed by atoms with E-state index in [-0.39, 0.29) is 5.79 Å². The van der Waals surface area contributed by atoms with Crippen molar-refractivity contribution >= 4 is 11.8 Å². The van der Waals surface area contributed by atoms with Crippen molar-refractivity contribution in [2.24, 2.45) is 11.8 Å². The standard InChI is InChI=1S/C9H16O2S/c1-10-9(11-2)3-7-5-12-6-8(7)4-9/h7-8H,3-6H2,1-2H3/t7-,8+. The lowest BCUT2D eigenvalue weighted by Crippen LogP contribution is -2.31. The normalized spacial score (nSPS) is 38.5. The summed E-state index contributed by atoms with van der Waals surface area (Å²) in [6.45, 7) is 0. The molecule has 0 spiro atoms. The van der Waals surface area contributed by atoms with Gasteiger partial charge in [-0.05, 0) is 23.3 Å². The van der Waals surface area contributed by atoms with Gasteiger partial charge in [-0.25, -0.2) is 0 Å². The minimum absolute atomic E-state index is 0.240. The predicted molar refractivity (Wildman–Crippen MR) is 50.3 cm³/mol. The first-order valence-electron chi connectivity index (χ1n) is 4.48. The van der Waals surface area contributed by atoms with E-state index >= 15 is 0 Å². The Kier molecular flexibility index (Phi) is 2.36. The Hall–Kier alpha value is 0.270. The number of hydrogen-bond acceptors (Lipinski definition) is 3. The summed E-state index contributed by atoms with van der Waals surface area (Å²) in [7, 11) is 3.52. The molecule has 0 aromatic rings. The number of rotatable bonds is 2. The van der Waals surface area contributed by atoms with Gasteiger partial charge in [0.05, 0.1) is 0 Å². The second kappa shape index (κ2) is 3.20. The maximum atomic E-state index is 5.45. The number of methoxy groups -OCH3 is 2. The van der Waals surface area contributed by atoms with Crippen LogP contribution in [0.2, 0.25) is 0 Å². The maximum absolute atomic E-state index is 5.45. The van der Waals surface area contributed by atoms with E-state index in [0.29, 0.717) is 0 Å². The molecule has 1 aliphatic heterocycles. The lowest BCUT2D eigenvalue weighted by molar-refractivity contribution is -0.203. The zero-order chi connectivity index (χ0) is 8.60. The molecule has 3 heteroatoms. The SMILES string of the molecule is COC1(OC)C[C@H]2CSC[C@H]2C1. The molecule has 0 unspecified atom stereocenters. The van der Waals surface area contributed by atoms with Crippen LogP contribution in [0.5, 0.6) is 0 Å². The largest absolute Gasteiger partial charge is 0.353 e. The van der Waals surface area contributed by atoms with Gasteiger partial charge in [0.25, 0.3) is 0 Å². The van der Waals surface area contributed by atoms with Gasteiger partial charge in [0, 0.05) is 27.1 Å². The average molecular weight is 188 g/mol. The van der Waals surface area contributed by atoms with Gasteiger partial charge in [-0.3, -0.25) is 0 Å². The Morgan fingerprint density at radius 3 is 2.00 bits per heavy atom. The first kappa shape index (κ1) is 8.85. The lowest BCUT2D eigenvalue weighted by atomic mass is 10.0. The smallest absolute Gasteiger partial charge is 0.168 e. The Labute approximate surface area is 78.0 Å². The first-order valence-corrected chi connectivity index (χ1v) is 5.63. The zero-order valence-corrected chi connectivity index (χ0v) is 8.52. The summed E-state index contributed by atoms with van der Waals surface area (Å²) < 4.78 is 10.9. The molecule has 2 atom stereocenters. The Morgan fingerprint density at radius 2 is 1.58 bits per heavy atom. The molecular weight excluding hydrogens is 172 g/mol. The molecule has 1 aliphatic carbocycles. The highest BCUT2D eigenvalue weighted by atomic mass is 32.2. The minimum Gasteiger partial charge on any atom is -0.353 e. The molecule has 2 fully saturated rings. The van der Waals surface area contributed by atoms with Crippen LogP contribution in [0, 0.1) is 11.8 Å². The van der Waals surface area contributed by atoms with Crippen LogP contribution in [0.4, 0.5) is 0 Å². The molecule has 70 valence electrons. The van der Waals surface area contributed by atoms with E-state index in [9.17, 15) is 0 Å². The molecule has 12 heavy (non-hydrogen) atoms. The Morgan fingerprint density at radius 1 is 1.08 bits per heavy atom. The van der Waals surface area contributed by atoms with E-state index in [1.807, 2.05) is 0 Å². The summed E-state index contributed by atoms with van der Waals surface area (Å²) in [5.41, 5.74) is 0. The second-order valence-corrected chi connectivity index (χ2v) is 4.86. The molecular formula is C9H16O2S. The van der Waals surface area contributed by atoms with Crippen molar-refractivity contribution in [2.45, 2.75) is 18.6 Å². The quantitative estimate of drug-likeness (QED) is 0.615. The molecule has 1 saturated heterocycles. The number of ether oxygens (including phenoxy) is 2. The van der Waals surface area contributed by atoms with Gasteiger partial charge in [-0.15, -0.1) is 0 Å². The molecule has 2 rings (SSSR count). The molecule has 0 N–H and O–H groups in total. The van der Waals surface area contributed by atoms with Crippen LogP contribution in [-0.2, 0) is 9.47 Å². The van der Waals surface area contributed by atoms with E-state index in [1.54, 1.807) is 14.2 Å². The van der Waals surface area contributed by atoms with E-state index in [1.165, 1.54) is 11.5 Å².